The summed E-state index contributed by atoms with van der Waals surface area (Å²) in [5.41, 5.74) is 0. The summed E-state index contributed by atoms with van der Waals surface area (Å²) in [7, 11) is 0. The van der Waals surface area contributed by atoms with Crippen molar-refractivity contribution in [2.75, 3.05) is 11.5 Å². The van der Waals surface area contributed by atoms with Crippen LogP contribution in [0.4, 0.5) is 5.13 Å². The SMILES string of the molecule is CCC(=O)N(c1nnc(SC2CCOC2=O)s1)C1CC1. The van der Waals surface area contributed by atoms with Gasteiger partial charge in [-0.3, -0.25) is 14.5 Å². The summed E-state index contributed by atoms with van der Waals surface area (Å²) in [6, 6.07) is 0.282. The molecule has 0 radical (unpaired) electrons. The molecule has 2 heterocycles. The van der Waals surface area contributed by atoms with Crippen LogP contribution in [-0.4, -0.2) is 40.0 Å². The van der Waals surface area contributed by atoms with E-state index in [-0.39, 0.29) is 23.2 Å². The lowest BCUT2D eigenvalue weighted by atomic mass is 10.4. The van der Waals surface area contributed by atoms with Crippen LogP contribution in [0.3, 0.4) is 0 Å². The third kappa shape index (κ3) is 2.80. The van der Waals surface area contributed by atoms with Crippen LogP contribution in [-0.2, 0) is 14.3 Å². The number of carbonyl (C=O) groups excluding carboxylic acids is 2. The normalized spacial score (nSPS) is 21.9. The van der Waals surface area contributed by atoms with Crippen molar-refractivity contribution >= 4 is 40.1 Å². The van der Waals surface area contributed by atoms with Crippen molar-refractivity contribution in [3.63, 3.8) is 0 Å². The molecule has 6 nitrogen and oxygen atoms in total. The summed E-state index contributed by atoms with van der Waals surface area (Å²) < 4.78 is 5.65. The van der Waals surface area contributed by atoms with Crippen molar-refractivity contribution in [2.45, 2.75) is 48.2 Å². The minimum atomic E-state index is -0.188. The van der Waals surface area contributed by atoms with E-state index in [0.29, 0.717) is 24.6 Å². The van der Waals surface area contributed by atoms with E-state index in [0.717, 1.165) is 17.2 Å². The zero-order valence-electron chi connectivity index (χ0n) is 11.1. The molecule has 1 aliphatic heterocycles. The predicted molar refractivity (Wildman–Crippen MR) is 75.9 cm³/mol. The van der Waals surface area contributed by atoms with Crippen LogP contribution in [0.15, 0.2) is 4.34 Å². The monoisotopic (exact) mass is 313 g/mol. The zero-order chi connectivity index (χ0) is 14.1. The van der Waals surface area contributed by atoms with Crippen molar-refractivity contribution in [1.82, 2.24) is 10.2 Å². The quantitative estimate of drug-likeness (QED) is 0.610. The average molecular weight is 313 g/mol. The molecule has 2 aliphatic rings. The second-order valence-electron chi connectivity index (χ2n) is 4.76. The second-order valence-corrected chi connectivity index (χ2v) is 7.17. The molecule has 8 heteroatoms. The van der Waals surface area contributed by atoms with Crippen molar-refractivity contribution in [1.29, 1.82) is 0 Å². The number of amides is 1. The number of ether oxygens (including phenoxy) is 1. The molecule has 1 aromatic heterocycles. The molecule has 1 saturated heterocycles. The van der Waals surface area contributed by atoms with E-state index in [4.69, 9.17) is 4.74 Å². The Labute approximate surface area is 124 Å². The Kier molecular flexibility index (Phi) is 3.93. The molecular weight excluding hydrogens is 298 g/mol. The molecule has 1 saturated carbocycles. The molecule has 1 unspecified atom stereocenters. The maximum atomic E-state index is 12.0. The molecule has 0 aromatic carbocycles. The van der Waals surface area contributed by atoms with Gasteiger partial charge in [-0.05, 0) is 12.8 Å². The van der Waals surface area contributed by atoms with E-state index in [1.807, 2.05) is 6.92 Å². The van der Waals surface area contributed by atoms with Crippen LogP contribution in [0.25, 0.3) is 0 Å². The van der Waals surface area contributed by atoms with Crippen LogP contribution in [0.1, 0.15) is 32.6 Å². The number of rotatable bonds is 5. The molecule has 1 amide bonds. The molecule has 3 rings (SSSR count). The topological polar surface area (TPSA) is 72.4 Å². The highest BCUT2D eigenvalue weighted by atomic mass is 32.2. The van der Waals surface area contributed by atoms with Gasteiger partial charge in [0.1, 0.15) is 5.25 Å². The van der Waals surface area contributed by atoms with Gasteiger partial charge in [-0.1, -0.05) is 30.0 Å². The first-order valence-electron chi connectivity index (χ1n) is 6.68. The number of cyclic esters (lactones) is 1. The zero-order valence-corrected chi connectivity index (χ0v) is 12.7. The molecule has 2 fully saturated rings. The summed E-state index contributed by atoms with van der Waals surface area (Å²) in [5, 5.41) is 8.66. The van der Waals surface area contributed by atoms with Gasteiger partial charge in [0.2, 0.25) is 11.0 Å². The maximum absolute atomic E-state index is 12.0. The maximum Gasteiger partial charge on any atom is 0.319 e. The lowest BCUT2D eigenvalue weighted by Crippen LogP contribution is -2.32. The van der Waals surface area contributed by atoms with Gasteiger partial charge in [0.25, 0.3) is 0 Å². The summed E-state index contributed by atoms with van der Waals surface area (Å²) in [5.74, 6) is -0.101. The smallest absolute Gasteiger partial charge is 0.319 e. The van der Waals surface area contributed by atoms with Crippen LogP contribution in [0.5, 0.6) is 0 Å². The van der Waals surface area contributed by atoms with Gasteiger partial charge >= 0.3 is 5.97 Å². The highest BCUT2D eigenvalue weighted by Gasteiger charge is 2.36. The summed E-state index contributed by atoms with van der Waals surface area (Å²) in [6.07, 6.45) is 3.23. The van der Waals surface area contributed by atoms with E-state index >= 15 is 0 Å². The Morgan fingerprint density at radius 1 is 1.45 bits per heavy atom. The fourth-order valence-corrected chi connectivity index (χ4v) is 4.17. The summed E-state index contributed by atoms with van der Waals surface area (Å²) in [4.78, 5) is 25.2. The average Bonchev–Trinajstić information content (AvgIpc) is 3.03. The molecule has 1 atom stereocenters. The van der Waals surface area contributed by atoms with Gasteiger partial charge < -0.3 is 4.74 Å². The number of esters is 1. The number of nitrogens with zero attached hydrogens (tertiary/aromatic N) is 3. The summed E-state index contributed by atoms with van der Waals surface area (Å²) >= 11 is 2.76. The number of hydrogen-bond acceptors (Lipinski definition) is 7. The van der Waals surface area contributed by atoms with E-state index in [9.17, 15) is 9.59 Å². The van der Waals surface area contributed by atoms with Crippen molar-refractivity contribution < 1.29 is 14.3 Å². The first-order chi connectivity index (χ1) is 9.69. The van der Waals surface area contributed by atoms with Crippen molar-refractivity contribution in [2.24, 2.45) is 0 Å². The van der Waals surface area contributed by atoms with E-state index < -0.39 is 0 Å². The molecule has 1 aromatic rings. The molecule has 0 bridgehead atoms. The number of thioether (sulfide) groups is 1. The Morgan fingerprint density at radius 3 is 2.85 bits per heavy atom. The van der Waals surface area contributed by atoms with E-state index in [1.165, 1.54) is 23.1 Å². The highest BCUT2D eigenvalue weighted by molar-refractivity contribution is 8.02. The van der Waals surface area contributed by atoms with Gasteiger partial charge in [-0.2, -0.15) is 0 Å². The molecule has 1 aliphatic carbocycles. The van der Waals surface area contributed by atoms with E-state index in [1.54, 1.807) is 4.90 Å². The minimum absolute atomic E-state index is 0.0838. The fraction of sp³-hybridized carbons (Fsp3) is 0.667. The highest BCUT2D eigenvalue weighted by Crippen LogP contribution is 2.38. The first kappa shape index (κ1) is 13.8. The van der Waals surface area contributed by atoms with Crippen molar-refractivity contribution in [3.8, 4) is 0 Å². The van der Waals surface area contributed by atoms with Gasteiger partial charge in [0.05, 0.1) is 6.61 Å². The van der Waals surface area contributed by atoms with E-state index in [2.05, 4.69) is 10.2 Å². The van der Waals surface area contributed by atoms with Crippen LogP contribution < -0.4 is 4.90 Å². The van der Waals surface area contributed by atoms with Crippen LogP contribution >= 0.6 is 23.1 Å². The lowest BCUT2D eigenvalue weighted by molar-refractivity contribution is -0.137. The first-order valence-corrected chi connectivity index (χ1v) is 8.37. The van der Waals surface area contributed by atoms with Gasteiger partial charge in [0.15, 0.2) is 4.34 Å². The van der Waals surface area contributed by atoms with Crippen LogP contribution in [0, 0.1) is 0 Å². The predicted octanol–water partition coefficient (Wildman–Crippen LogP) is 1.85. The number of carbonyl (C=O) groups is 2. The molecular formula is C12H15N3O3S2. The van der Waals surface area contributed by atoms with Crippen molar-refractivity contribution in [3.05, 3.63) is 0 Å². The molecule has 0 spiro atoms. The lowest BCUT2D eigenvalue weighted by Gasteiger charge is -2.17. The van der Waals surface area contributed by atoms with Crippen LogP contribution in [0.2, 0.25) is 0 Å². The fourth-order valence-electron chi connectivity index (χ4n) is 2.02. The Morgan fingerprint density at radius 2 is 2.25 bits per heavy atom. The molecule has 0 N–H and O–H groups in total. The van der Waals surface area contributed by atoms with Gasteiger partial charge in [-0.15, -0.1) is 10.2 Å². The standard InChI is InChI=1S/C12H15N3O3S2/c1-2-9(16)15(7-3-4-7)11-13-14-12(20-11)19-8-5-6-18-10(8)17/h7-8H,2-6H2,1H3. The van der Waals surface area contributed by atoms with Gasteiger partial charge in [-0.25, -0.2) is 0 Å². The third-order valence-corrected chi connectivity index (χ3v) is 5.47. The Hall–Kier alpha value is -1.15. The minimum Gasteiger partial charge on any atom is -0.465 e. The molecule has 20 heavy (non-hydrogen) atoms. The third-order valence-electron chi connectivity index (χ3n) is 3.22. The molecule has 108 valence electrons. The second kappa shape index (κ2) is 5.69. The Balaban J connectivity index is 1.71. The summed E-state index contributed by atoms with van der Waals surface area (Å²) in [6.45, 7) is 2.33. The number of anilines is 1. The number of aromatic nitrogens is 2. The Bertz CT molecular complexity index is 530. The number of hydrogen-bond donors (Lipinski definition) is 0. The largest absolute Gasteiger partial charge is 0.465 e. The van der Waals surface area contributed by atoms with Gasteiger partial charge in [0, 0.05) is 18.9 Å².